The molecule has 0 radical (unpaired) electrons. The summed E-state index contributed by atoms with van der Waals surface area (Å²) in [6.07, 6.45) is 1.25. The molecule has 0 amide bonds. The molecule has 4 nitrogen and oxygen atoms in total. The molecule has 0 fully saturated rings. The smallest absolute Gasteiger partial charge is 0.335 e. The first-order chi connectivity index (χ1) is 11.0. The van der Waals surface area contributed by atoms with Gasteiger partial charge in [-0.05, 0) is 42.3 Å². The van der Waals surface area contributed by atoms with Crippen LogP contribution in [0, 0.1) is 0 Å². The van der Waals surface area contributed by atoms with E-state index in [0.29, 0.717) is 17.7 Å². The molecule has 0 atom stereocenters. The molecule has 1 N–H and O–H groups in total. The minimum atomic E-state index is -0.960. The van der Waals surface area contributed by atoms with Crippen LogP contribution in [0.4, 0.5) is 0 Å². The number of carboxylic acids is 1. The number of benzene rings is 2. The number of hydrogen-bond acceptors (Lipinski definition) is 3. The molecule has 0 heterocycles. The van der Waals surface area contributed by atoms with E-state index in [4.69, 9.17) is 9.84 Å². The van der Waals surface area contributed by atoms with E-state index in [0.717, 1.165) is 16.5 Å². The Kier molecular flexibility index (Phi) is 5.93. The highest BCUT2D eigenvalue weighted by atomic mass is 79.9. The van der Waals surface area contributed by atoms with Crippen molar-refractivity contribution in [2.75, 3.05) is 0 Å². The highest BCUT2D eigenvalue weighted by Crippen LogP contribution is 2.26. The lowest BCUT2D eigenvalue weighted by atomic mass is 10.1. The SMILES string of the molecule is CCCC(=O)c1cc(Br)ccc1OCc1ccc(C(=O)O)cc1. The number of carboxylic acid groups (broad SMARTS) is 1. The fourth-order valence-corrected chi connectivity index (χ4v) is 2.47. The van der Waals surface area contributed by atoms with Crippen molar-refractivity contribution >= 4 is 27.7 Å². The van der Waals surface area contributed by atoms with Gasteiger partial charge >= 0.3 is 5.97 Å². The average molecular weight is 377 g/mol. The molecule has 0 saturated heterocycles. The Labute approximate surface area is 143 Å². The van der Waals surface area contributed by atoms with Gasteiger partial charge in [0.25, 0.3) is 0 Å². The van der Waals surface area contributed by atoms with Crippen molar-refractivity contribution in [1.29, 1.82) is 0 Å². The molecule has 2 rings (SSSR count). The van der Waals surface area contributed by atoms with Gasteiger partial charge in [-0.3, -0.25) is 4.79 Å². The third-order valence-electron chi connectivity index (χ3n) is 3.31. The zero-order valence-electron chi connectivity index (χ0n) is 12.7. The summed E-state index contributed by atoms with van der Waals surface area (Å²) >= 11 is 3.37. The van der Waals surface area contributed by atoms with Gasteiger partial charge in [-0.1, -0.05) is 35.0 Å². The zero-order valence-corrected chi connectivity index (χ0v) is 14.3. The number of halogens is 1. The molecule has 0 saturated carbocycles. The van der Waals surface area contributed by atoms with Gasteiger partial charge in [-0.2, -0.15) is 0 Å². The van der Waals surface area contributed by atoms with E-state index in [1.807, 2.05) is 13.0 Å². The summed E-state index contributed by atoms with van der Waals surface area (Å²) < 4.78 is 6.59. The summed E-state index contributed by atoms with van der Waals surface area (Å²) in [6.45, 7) is 2.23. The Morgan fingerprint density at radius 2 is 1.83 bits per heavy atom. The van der Waals surface area contributed by atoms with E-state index in [1.54, 1.807) is 24.3 Å². The summed E-state index contributed by atoms with van der Waals surface area (Å²) in [4.78, 5) is 23.0. The van der Waals surface area contributed by atoms with Gasteiger partial charge in [0.15, 0.2) is 5.78 Å². The van der Waals surface area contributed by atoms with Crippen LogP contribution in [0.25, 0.3) is 0 Å². The molecule has 2 aromatic rings. The first kappa shape index (κ1) is 17.2. The predicted octanol–water partition coefficient (Wildman–Crippen LogP) is 4.71. The summed E-state index contributed by atoms with van der Waals surface area (Å²) in [5, 5.41) is 8.88. The molecular formula is C18H17BrO4. The third kappa shape index (κ3) is 4.66. The Balaban J connectivity index is 2.13. The molecule has 23 heavy (non-hydrogen) atoms. The van der Waals surface area contributed by atoms with Crippen LogP contribution in [0.5, 0.6) is 5.75 Å². The maximum absolute atomic E-state index is 12.2. The van der Waals surface area contributed by atoms with Crippen LogP contribution in [0.1, 0.15) is 46.0 Å². The van der Waals surface area contributed by atoms with Gasteiger partial charge in [-0.25, -0.2) is 4.79 Å². The Morgan fingerprint density at radius 1 is 1.13 bits per heavy atom. The number of Topliss-reactive ketones (excluding diaryl/α,β-unsaturated/α-hetero) is 1. The molecule has 0 aliphatic carbocycles. The summed E-state index contributed by atoms with van der Waals surface area (Å²) in [5.41, 5.74) is 1.63. The second kappa shape index (κ2) is 7.92. The summed E-state index contributed by atoms with van der Waals surface area (Å²) in [7, 11) is 0. The Bertz CT molecular complexity index is 707. The minimum Gasteiger partial charge on any atom is -0.488 e. The fourth-order valence-electron chi connectivity index (χ4n) is 2.11. The minimum absolute atomic E-state index is 0.0463. The lowest BCUT2D eigenvalue weighted by molar-refractivity contribution is 0.0696. The predicted molar refractivity (Wildman–Crippen MR) is 91.1 cm³/mol. The largest absolute Gasteiger partial charge is 0.488 e. The molecule has 0 aliphatic heterocycles. The Hall–Kier alpha value is -2.14. The fraction of sp³-hybridized carbons (Fsp3) is 0.222. The summed E-state index contributed by atoms with van der Waals surface area (Å²) in [5.74, 6) is -0.378. The maximum Gasteiger partial charge on any atom is 0.335 e. The molecule has 0 bridgehead atoms. The van der Waals surface area contributed by atoms with E-state index < -0.39 is 5.97 Å². The van der Waals surface area contributed by atoms with Crippen molar-refractivity contribution in [3.8, 4) is 5.75 Å². The molecule has 120 valence electrons. The van der Waals surface area contributed by atoms with Gasteiger partial charge in [-0.15, -0.1) is 0 Å². The van der Waals surface area contributed by atoms with Crippen LogP contribution in [0.3, 0.4) is 0 Å². The average Bonchev–Trinajstić information content (AvgIpc) is 2.54. The van der Waals surface area contributed by atoms with Gasteiger partial charge in [0.05, 0.1) is 11.1 Å². The first-order valence-electron chi connectivity index (χ1n) is 7.29. The molecule has 0 spiro atoms. The van der Waals surface area contributed by atoms with Crippen molar-refractivity contribution in [3.05, 3.63) is 63.6 Å². The van der Waals surface area contributed by atoms with Crippen molar-refractivity contribution in [3.63, 3.8) is 0 Å². The van der Waals surface area contributed by atoms with Crippen molar-refractivity contribution in [2.45, 2.75) is 26.4 Å². The van der Waals surface area contributed by atoms with E-state index in [9.17, 15) is 9.59 Å². The van der Waals surface area contributed by atoms with Crippen LogP contribution in [0.2, 0.25) is 0 Å². The quantitative estimate of drug-likeness (QED) is 0.710. The number of carbonyl (C=O) groups excluding carboxylic acids is 1. The van der Waals surface area contributed by atoms with Crippen LogP contribution in [0.15, 0.2) is 46.9 Å². The van der Waals surface area contributed by atoms with Gasteiger partial charge in [0.1, 0.15) is 12.4 Å². The van der Waals surface area contributed by atoms with Crippen LogP contribution in [-0.2, 0) is 6.61 Å². The van der Waals surface area contributed by atoms with Gasteiger partial charge in [0, 0.05) is 10.9 Å². The molecule has 0 aliphatic rings. The second-order valence-electron chi connectivity index (χ2n) is 5.10. The van der Waals surface area contributed by atoms with E-state index in [1.165, 1.54) is 12.1 Å². The molecular weight excluding hydrogens is 360 g/mol. The van der Waals surface area contributed by atoms with E-state index in [-0.39, 0.29) is 18.0 Å². The van der Waals surface area contributed by atoms with Crippen molar-refractivity contribution < 1.29 is 19.4 Å². The van der Waals surface area contributed by atoms with Crippen LogP contribution >= 0.6 is 15.9 Å². The topological polar surface area (TPSA) is 63.6 Å². The highest BCUT2D eigenvalue weighted by Gasteiger charge is 2.13. The molecule has 2 aromatic carbocycles. The lowest BCUT2D eigenvalue weighted by Crippen LogP contribution is -2.04. The first-order valence-corrected chi connectivity index (χ1v) is 8.08. The van der Waals surface area contributed by atoms with E-state index >= 15 is 0 Å². The standard InChI is InChI=1S/C18H17BrO4/c1-2-3-16(20)15-10-14(19)8-9-17(15)23-11-12-4-6-13(7-5-12)18(21)22/h4-10H,2-3,11H2,1H3,(H,21,22). The number of hydrogen-bond donors (Lipinski definition) is 1. The monoisotopic (exact) mass is 376 g/mol. The van der Waals surface area contributed by atoms with Crippen LogP contribution in [-0.4, -0.2) is 16.9 Å². The zero-order chi connectivity index (χ0) is 16.8. The number of rotatable bonds is 7. The van der Waals surface area contributed by atoms with E-state index in [2.05, 4.69) is 15.9 Å². The van der Waals surface area contributed by atoms with Crippen molar-refractivity contribution in [2.24, 2.45) is 0 Å². The number of ketones is 1. The van der Waals surface area contributed by atoms with Crippen molar-refractivity contribution in [1.82, 2.24) is 0 Å². The van der Waals surface area contributed by atoms with Gasteiger partial charge in [0.2, 0.25) is 0 Å². The molecule has 0 unspecified atom stereocenters. The normalized spacial score (nSPS) is 10.3. The lowest BCUT2D eigenvalue weighted by Gasteiger charge is -2.11. The second-order valence-corrected chi connectivity index (χ2v) is 6.02. The molecule has 5 heteroatoms. The van der Waals surface area contributed by atoms with Gasteiger partial charge < -0.3 is 9.84 Å². The number of ether oxygens (including phenoxy) is 1. The number of aromatic carboxylic acids is 1. The van der Waals surface area contributed by atoms with Crippen LogP contribution < -0.4 is 4.74 Å². The highest BCUT2D eigenvalue weighted by molar-refractivity contribution is 9.10. The summed E-state index contributed by atoms with van der Waals surface area (Å²) in [6, 6.07) is 11.8. The maximum atomic E-state index is 12.2. The third-order valence-corrected chi connectivity index (χ3v) is 3.81. The number of carbonyl (C=O) groups is 2. The molecule has 0 aromatic heterocycles. The Morgan fingerprint density at radius 3 is 2.43 bits per heavy atom.